The summed E-state index contributed by atoms with van der Waals surface area (Å²) in [6.07, 6.45) is 8.64. The van der Waals surface area contributed by atoms with Crippen LogP contribution in [-0.2, 0) is 0 Å². The largest absolute Gasteiger partial charge is 0.334 e. The van der Waals surface area contributed by atoms with E-state index in [1.54, 1.807) is 11.7 Å². The average molecular weight is 261 g/mol. The van der Waals surface area contributed by atoms with Gasteiger partial charge in [-0.3, -0.25) is 4.98 Å². The lowest BCUT2D eigenvalue weighted by Gasteiger charge is -2.19. The molecule has 0 unspecified atom stereocenters. The average Bonchev–Trinajstić information content (AvgIpc) is 3.02. The Morgan fingerprint density at radius 1 is 1.39 bits per heavy atom. The highest BCUT2D eigenvalue weighted by molar-refractivity contribution is 7.13. The van der Waals surface area contributed by atoms with Crippen LogP contribution in [-0.4, -0.2) is 15.1 Å². The number of hydrogen-bond donors (Lipinski definition) is 0. The first-order valence-corrected chi connectivity index (χ1v) is 7.11. The van der Waals surface area contributed by atoms with Gasteiger partial charge in [-0.1, -0.05) is 17.7 Å². The molecule has 1 aliphatic rings. The summed E-state index contributed by atoms with van der Waals surface area (Å²) >= 11 is 1.52. The molecule has 0 saturated heterocycles. The van der Waals surface area contributed by atoms with Gasteiger partial charge in [0.2, 0.25) is 5.82 Å². The highest BCUT2D eigenvalue weighted by atomic mass is 32.1. The van der Waals surface area contributed by atoms with Gasteiger partial charge < -0.3 is 4.52 Å². The first-order chi connectivity index (χ1) is 8.81. The van der Waals surface area contributed by atoms with E-state index in [-0.39, 0.29) is 0 Å². The van der Waals surface area contributed by atoms with Crippen LogP contribution in [0.3, 0.4) is 0 Å². The fraction of sp³-hybridized carbons (Fsp3) is 0.462. The number of aromatic nitrogens is 3. The van der Waals surface area contributed by atoms with Crippen LogP contribution in [0.4, 0.5) is 0 Å². The van der Waals surface area contributed by atoms with E-state index in [9.17, 15) is 0 Å². The number of allylic oxidation sites excluding steroid dienone is 1. The third-order valence-corrected chi connectivity index (χ3v) is 4.11. The van der Waals surface area contributed by atoms with Gasteiger partial charge in [0.05, 0.1) is 10.4 Å². The van der Waals surface area contributed by atoms with E-state index in [2.05, 4.69) is 22.0 Å². The zero-order chi connectivity index (χ0) is 12.4. The first kappa shape index (κ1) is 11.6. The first-order valence-electron chi connectivity index (χ1n) is 6.23. The summed E-state index contributed by atoms with van der Waals surface area (Å²) in [5, 5.41) is 3.98. The third-order valence-electron chi connectivity index (χ3n) is 3.34. The van der Waals surface area contributed by atoms with Crippen LogP contribution in [0.5, 0.6) is 0 Å². The van der Waals surface area contributed by atoms with Gasteiger partial charge in [-0.2, -0.15) is 4.98 Å². The van der Waals surface area contributed by atoms with Gasteiger partial charge in [-0.05, 0) is 31.6 Å². The molecule has 1 fully saturated rings. The lowest BCUT2D eigenvalue weighted by atomic mass is 9.87. The lowest BCUT2D eigenvalue weighted by Crippen LogP contribution is -2.03. The van der Waals surface area contributed by atoms with Gasteiger partial charge in [-0.15, -0.1) is 11.3 Å². The van der Waals surface area contributed by atoms with E-state index in [1.807, 2.05) is 6.08 Å². The fourth-order valence-electron chi connectivity index (χ4n) is 2.17. The van der Waals surface area contributed by atoms with Crippen molar-refractivity contribution in [2.75, 3.05) is 0 Å². The molecular weight excluding hydrogens is 246 g/mol. The van der Waals surface area contributed by atoms with Crippen LogP contribution < -0.4 is 0 Å². The molecular formula is C13H15N3OS. The predicted octanol–water partition coefficient (Wildman–Crippen LogP) is 3.79. The van der Waals surface area contributed by atoms with Crippen molar-refractivity contribution >= 4 is 17.4 Å². The maximum absolute atomic E-state index is 5.26. The summed E-state index contributed by atoms with van der Waals surface area (Å²) in [5.41, 5.74) is 3.19. The van der Waals surface area contributed by atoms with Gasteiger partial charge in [0.1, 0.15) is 0 Å². The zero-order valence-corrected chi connectivity index (χ0v) is 11.1. The molecule has 1 saturated carbocycles. The minimum absolute atomic E-state index is 0.614. The van der Waals surface area contributed by atoms with Crippen LogP contribution in [0, 0.1) is 5.92 Å². The Morgan fingerprint density at radius 3 is 2.94 bits per heavy atom. The standard InChI is InChI=1S/C13H15N3OS/c1-9-2-4-10(5-3-9)6-12-15-13(16-17-12)11-7-14-8-18-11/h6-9H,2-5H2,1H3. The third kappa shape index (κ3) is 2.51. The van der Waals surface area contributed by atoms with Crippen LogP contribution in [0.25, 0.3) is 16.8 Å². The Kier molecular flexibility index (Phi) is 3.23. The molecule has 2 heterocycles. The Morgan fingerprint density at radius 2 is 2.22 bits per heavy atom. The number of rotatable bonds is 2. The van der Waals surface area contributed by atoms with E-state index in [4.69, 9.17) is 4.52 Å². The summed E-state index contributed by atoms with van der Waals surface area (Å²) in [5.74, 6) is 2.09. The van der Waals surface area contributed by atoms with Crippen molar-refractivity contribution in [2.24, 2.45) is 5.92 Å². The molecule has 0 bridgehead atoms. The number of nitrogens with zero attached hydrogens (tertiary/aromatic N) is 3. The summed E-state index contributed by atoms with van der Waals surface area (Å²) < 4.78 is 5.26. The molecule has 4 nitrogen and oxygen atoms in total. The fourth-order valence-corrected chi connectivity index (χ4v) is 2.72. The molecule has 2 aromatic rings. The lowest BCUT2D eigenvalue weighted by molar-refractivity contribution is 0.408. The molecule has 0 N–H and O–H groups in total. The number of thiazole rings is 1. The monoisotopic (exact) mass is 261 g/mol. The molecule has 3 rings (SSSR count). The minimum atomic E-state index is 0.614. The SMILES string of the molecule is CC1CCC(=Cc2nc(-c3cncs3)no2)CC1. The van der Waals surface area contributed by atoms with Crippen molar-refractivity contribution in [3.63, 3.8) is 0 Å². The molecule has 0 radical (unpaired) electrons. The molecule has 2 aromatic heterocycles. The van der Waals surface area contributed by atoms with Crippen molar-refractivity contribution in [1.29, 1.82) is 0 Å². The van der Waals surface area contributed by atoms with E-state index in [0.717, 1.165) is 23.6 Å². The van der Waals surface area contributed by atoms with Gasteiger partial charge in [0.15, 0.2) is 0 Å². The maximum atomic E-state index is 5.26. The van der Waals surface area contributed by atoms with Crippen molar-refractivity contribution in [1.82, 2.24) is 15.1 Å². The summed E-state index contributed by atoms with van der Waals surface area (Å²) in [7, 11) is 0. The van der Waals surface area contributed by atoms with Crippen LogP contribution in [0.2, 0.25) is 0 Å². The van der Waals surface area contributed by atoms with Crippen molar-refractivity contribution in [3.05, 3.63) is 23.2 Å². The molecule has 0 aliphatic heterocycles. The molecule has 1 aliphatic carbocycles. The quantitative estimate of drug-likeness (QED) is 0.825. The summed E-state index contributed by atoms with van der Waals surface area (Å²) in [4.78, 5) is 9.34. The predicted molar refractivity (Wildman–Crippen MR) is 71.0 cm³/mol. The Labute approximate surface area is 110 Å². The smallest absolute Gasteiger partial charge is 0.250 e. The molecule has 0 atom stereocenters. The molecule has 18 heavy (non-hydrogen) atoms. The Bertz CT molecular complexity index is 534. The van der Waals surface area contributed by atoms with E-state index in [1.165, 1.54) is 29.8 Å². The van der Waals surface area contributed by atoms with Crippen LogP contribution >= 0.6 is 11.3 Å². The van der Waals surface area contributed by atoms with Crippen molar-refractivity contribution in [2.45, 2.75) is 32.6 Å². The highest BCUT2D eigenvalue weighted by Crippen LogP contribution is 2.29. The van der Waals surface area contributed by atoms with Crippen molar-refractivity contribution < 1.29 is 4.52 Å². The Hall–Kier alpha value is -1.49. The molecule has 0 amide bonds. The zero-order valence-electron chi connectivity index (χ0n) is 10.3. The molecule has 0 aromatic carbocycles. The Balaban J connectivity index is 1.76. The highest BCUT2D eigenvalue weighted by Gasteiger charge is 2.14. The van der Waals surface area contributed by atoms with E-state index >= 15 is 0 Å². The van der Waals surface area contributed by atoms with E-state index < -0.39 is 0 Å². The van der Waals surface area contributed by atoms with Crippen LogP contribution in [0.15, 0.2) is 21.8 Å². The topological polar surface area (TPSA) is 51.8 Å². The molecule has 94 valence electrons. The van der Waals surface area contributed by atoms with Gasteiger partial charge >= 0.3 is 0 Å². The van der Waals surface area contributed by atoms with Crippen LogP contribution in [0.1, 0.15) is 38.5 Å². The minimum Gasteiger partial charge on any atom is -0.334 e. The summed E-state index contributed by atoms with van der Waals surface area (Å²) in [6, 6.07) is 0. The second-order valence-corrected chi connectivity index (χ2v) is 5.69. The second-order valence-electron chi connectivity index (χ2n) is 4.81. The van der Waals surface area contributed by atoms with Gasteiger partial charge in [0.25, 0.3) is 5.89 Å². The summed E-state index contributed by atoms with van der Waals surface area (Å²) in [6.45, 7) is 2.31. The van der Waals surface area contributed by atoms with E-state index in [0.29, 0.717) is 11.7 Å². The maximum Gasteiger partial charge on any atom is 0.250 e. The second kappa shape index (κ2) is 5.02. The molecule has 5 heteroatoms. The van der Waals surface area contributed by atoms with Gasteiger partial charge in [-0.25, -0.2) is 0 Å². The molecule has 0 spiro atoms. The normalized spacial score (nSPS) is 20.1. The van der Waals surface area contributed by atoms with Gasteiger partial charge in [0, 0.05) is 12.3 Å². The number of hydrogen-bond acceptors (Lipinski definition) is 5. The van der Waals surface area contributed by atoms with Crippen molar-refractivity contribution in [3.8, 4) is 10.7 Å².